The van der Waals surface area contributed by atoms with E-state index in [2.05, 4.69) is 10.1 Å². The van der Waals surface area contributed by atoms with Crippen LogP contribution in [-0.2, 0) is 11.3 Å². The summed E-state index contributed by atoms with van der Waals surface area (Å²) in [6.45, 7) is 4.37. The first-order chi connectivity index (χ1) is 6.15. The van der Waals surface area contributed by atoms with Gasteiger partial charge in [-0.15, -0.1) is 0 Å². The Labute approximate surface area is 77.3 Å². The molecule has 2 N–H and O–H groups in total. The van der Waals surface area contributed by atoms with Gasteiger partial charge in [-0.3, -0.25) is 0 Å². The Morgan fingerprint density at radius 2 is 2.23 bits per heavy atom. The van der Waals surface area contributed by atoms with E-state index in [0.717, 1.165) is 0 Å². The first-order valence-corrected chi connectivity index (χ1v) is 4.22. The molecule has 0 spiro atoms. The van der Waals surface area contributed by atoms with Crippen molar-refractivity contribution >= 4 is 0 Å². The van der Waals surface area contributed by atoms with Gasteiger partial charge in [0.15, 0.2) is 5.82 Å². The van der Waals surface area contributed by atoms with E-state index in [1.54, 1.807) is 7.11 Å². The van der Waals surface area contributed by atoms with E-state index >= 15 is 0 Å². The SMILES string of the molecule is COCc1noc(C(N)C(C)C)n1. The minimum atomic E-state index is -0.196. The minimum Gasteiger partial charge on any atom is -0.377 e. The quantitative estimate of drug-likeness (QED) is 0.753. The number of hydrogen-bond donors (Lipinski definition) is 1. The molecule has 1 heterocycles. The van der Waals surface area contributed by atoms with Gasteiger partial charge in [0.25, 0.3) is 0 Å². The molecule has 1 unspecified atom stereocenters. The van der Waals surface area contributed by atoms with E-state index in [1.165, 1.54) is 0 Å². The summed E-state index contributed by atoms with van der Waals surface area (Å²) < 4.78 is 9.83. The summed E-state index contributed by atoms with van der Waals surface area (Å²) in [4.78, 5) is 4.09. The second-order valence-electron chi connectivity index (χ2n) is 3.25. The van der Waals surface area contributed by atoms with Crippen LogP contribution in [0.4, 0.5) is 0 Å². The van der Waals surface area contributed by atoms with Gasteiger partial charge in [-0.05, 0) is 5.92 Å². The Hall–Kier alpha value is -0.940. The highest BCUT2D eigenvalue weighted by Gasteiger charge is 2.17. The van der Waals surface area contributed by atoms with Gasteiger partial charge in [-0.25, -0.2) is 0 Å². The number of hydrogen-bond acceptors (Lipinski definition) is 5. The first kappa shape index (κ1) is 10.1. The minimum absolute atomic E-state index is 0.196. The maximum Gasteiger partial charge on any atom is 0.243 e. The zero-order chi connectivity index (χ0) is 9.84. The highest BCUT2D eigenvalue weighted by Crippen LogP contribution is 2.16. The Morgan fingerprint density at radius 1 is 1.54 bits per heavy atom. The molecule has 74 valence electrons. The van der Waals surface area contributed by atoms with Gasteiger partial charge in [0, 0.05) is 7.11 Å². The number of methoxy groups -OCH3 is 1. The Bertz CT molecular complexity index is 260. The molecule has 5 heteroatoms. The number of nitrogens with two attached hydrogens (primary N) is 1. The summed E-state index contributed by atoms with van der Waals surface area (Å²) in [5.74, 6) is 1.30. The molecule has 0 aliphatic heterocycles. The summed E-state index contributed by atoms with van der Waals surface area (Å²) in [5, 5.41) is 3.72. The third kappa shape index (κ3) is 2.50. The molecule has 1 aromatic rings. The van der Waals surface area contributed by atoms with Crippen molar-refractivity contribution in [3.8, 4) is 0 Å². The van der Waals surface area contributed by atoms with Crippen LogP contribution in [0.15, 0.2) is 4.52 Å². The number of ether oxygens (including phenoxy) is 1. The second-order valence-corrected chi connectivity index (χ2v) is 3.25. The molecule has 0 saturated carbocycles. The zero-order valence-electron chi connectivity index (χ0n) is 8.15. The Kier molecular flexibility index (Phi) is 3.39. The zero-order valence-corrected chi connectivity index (χ0v) is 8.15. The summed E-state index contributed by atoms with van der Waals surface area (Å²) in [6.07, 6.45) is 0. The fourth-order valence-corrected chi connectivity index (χ4v) is 0.876. The van der Waals surface area contributed by atoms with Crippen molar-refractivity contribution in [3.63, 3.8) is 0 Å². The van der Waals surface area contributed by atoms with Crippen LogP contribution < -0.4 is 5.73 Å². The van der Waals surface area contributed by atoms with Crippen LogP contribution in [0, 0.1) is 5.92 Å². The molecule has 1 rings (SSSR count). The van der Waals surface area contributed by atoms with E-state index in [0.29, 0.717) is 18.3 Å². The second kappa shape index (κ2) is 4.34. The van der Waals surface area contributed by atoms with Crippen LogP contribution in [0.3, 0.4) is 0 Å². The standard InChI is InChI=1S/C8H15N3O2/c1-5(2)7(9)8-10-6(4-12-3)11-13-8/h5,7H,4,9H2,1-3H3. The van der Waals surface area contributed by atoms with E-state index in [4.69, 9.17) is 15.0 Å². The molecular weight excluding hydrogens is 170 g/mol. The van der Waals surface area contributed by atoms with Crippen LogP contribution in [-0.4, -0.2) is 17.3 Å². The molecule has 13 heavy (non-hydrogen) atoms. The van der Waals surface area contributed by atoms with Crippen molar-refractivity contribution in [3.05, 3.63) is 11.7 Å². The number of nitrogens with zero attached hydrogens (tertiary/aromatic N) is 2. The predicted molar refractivity (Wildman–Crippen MR) is 46.8 cm³/mol. The van der Waals surface area contributed by atoms with Crippen molar-refractivity contribution in [2.45, 2.75) is 26.5 Å². The molecule has 0 fully saturated rings. The van der Waals surface area contributed by atoms with Crippen LogP contribution >= 0.6 is 0 Å². The molecular formula is C8H15N3O2. The Morgan fingerprint density at radius 3 is 2.77 bits per heavy atom. The van der Waals surface area contributed by atoms with Crippen LogP contribution in [0.25, 0.3) is 0 Å². The lowest BCUT2D eigenvalue weighted by Crippen LogP contribution is -2.17. The monoisotopic (exact) mass is 185 g/mol. The van der Waals surface area contributed by atoms with Crippen molar-refractivity contribution < 1.29 is 9.26 Å². The summed E-state index contributed by atoms with van der Waals surface area (Å²) >= 11 is 0. The molecule has 0 aromatic carbocycles. The van der Waals surface area contributed by atoms with Crippen molar-refractivity contribution in [2.75, 3.05) is 7.11 Å². The normalized spacial score (nSPS) is 13.6. The third-order valence-electron chi connectivity index (χ3n) is 1.76. The number of rotatable bonds is 4. The molecule has 0 bridgehead atoms. The molecule has 1 aromatic heterocycles. The molecule has 0 aliphatic rings. The number of aromatic nitrogens is 2. The molecule has 1 atom stereocenters. The first-order valence-electron chi connectivity index (χ1n) is 4.22. The van der Waals surface area contributed by atoms with Gasteiger partial charge in [0.1, 0.15) is 6.61 Å². The average Bonchev–Trinajstić information content (AvgIpc) is 2.52. The highest BCUT2D eigenvalue weighted by molar-refractivity contribution is 4.91. The largest absolute Gasteiger partial charge is 0.377 e. The molecule has 0 saturated heterocycles. The molecule has 0 aliphatic carbocycles. The van der Waals surface area contributed by atoms with Gasteiger partial charge in [-0.1, -0.05) is 19.0 Å². The van der Waals surface area contributed by atoms with Gasteiger partial charge in [0.2, 0.25) is 5.89 Å². The van der Waals surface area contributed by atoms with E-state index in [1.807, 2.05) is 13.8 Å². The fourth-order valence-electron chi connectivity index (χ4n) is 0.876. The average molecular weight is 185 g/mol. The Balaban J connectivity index is 2.67. The van der Waals surface area contributed by atoms with Gasteiger partial charge in [0.05, 0.1) is 6.04 Å². The summed E-state index contributed by atoms with van der Waals surface area (Å²) in [7, 11) is 1.58. The lowest BCUT2D eigenvalue weighted by molar-refractivity contribution is 0.174. The smallest absolute Gasteiger partial charge is 0.243 e. The van der Waals surface area contributed by atoms with E-state index in [-0.39, 0.29) is 12.0 Å². The van der Waals surface area contributed by atoms with Crippen LogP contribution in [0.5, 0.6) is 0 Å². The van der Waals surface area contributed by atoms with Crippen molar-refractivity contribution in [2.24, 2.45) is 11.7 Å². The van der Waals surface area contributed by atoms with Gasteiger partial charge < -0.3 is 15.0 Å². The maximum absolute atomic E-state index is 5.81. The van der Waals surface area contributed by atoms with E-state index < -0.39 is 0 Å². The van der Waals surface area contributed by atoms with Crippen LogP contribution in [0.1, 0.15) is 31.6 Å². The lowest BCUT2D eigenvalue weighted by Gasteiger charge is -2.09. The van der Waals surface area contributed by atoms with Gasteiger partial charge >= 0.3 is 0 Å². The van der Waals surface area contributed by atoms with Gasteiger partial charge in [-0.2, -0.15) is 4.98 Å². The third-order valence-corrected chi connectivity index (χ3v) is 1.76. The topological polar surface area (TPSA) is 74.2 Å². The van der Waals surface area contributed by atoms with Crippen molar-refractivity contribution in [1.29, 1.82) is 0 Å². The summed E-state index contributed by atoms with van der Waals surface area (Å²) in [6, 6.07) is -0.196. The highest BCUT2D eigenvalue weighted by atomic mass is 16.5. The molecule has 5 nitrogen and oxygen atoms in total. The fraction of sp³-hybridized carbons (Fsp3) is 0.750. The van der Waals surface area contributed by atoms with E-state index in [9.17, 15) is 0 Å². The van der Waals surface area contributed by atoms with Crippen LogP contribution in [0.2, 0.25) is 0 Å². The van der Waals surface area contributed by atoms with Crippen molar-refractivity contribution in [1.82, 2.24) is 10.1 Å². The maximum atomic E-state index is 5.81. The summed E-state index contributed by atoms with van der Waals surface area (Å²) in [5.41, 5.74) is 5.81. The molecule has 0 radical (unpaired) electrons. The predicted octanol–water partition coefficient (Wildman–Crippen LogP) is 0.872. The lowest BCUT2D eigenvalue weighted by atomic mass is 10.1. The molecule has 0 amide bonds.